The molecule has 2 aliphatic heterocycles. The van der Waals surface area contributed by atoms with E-state index in [4.69, 9.17) is 10.7 Å². The number of hydrogen-bond donors (Lipinski definition) is 4. The standard InChI is InChI=1S/C26H31N7/c1-17(2)22-6-4-5-7-24(22)26(27)29-15-23(20-14-30-33(3)16-20)25(32-26)31-21-9-8-18-10-11-28-13-19(18)12-21/h4-9,12,14-17,28-29H,10-11,13,27H2,1-3H3,(H,31,32). The highest BCUT2D eigenvalue weighted by atomic mass is 15.3. The van der Waals surface area contributed by atoms with Gasteiger partial charge in [-0.3, -0.25) is 10.4 Å². The highest BCUT2D eigenvalue weighted by molar-refractivity contribution is 6.28. The molecule has 1 aromatic heterocycles. The number of fused-ring (bicyclic) bond motifs is 1. The third-order valence-electron chi connectivity index (χ3n) is 6.34. The first-order valence-electron chi connectivity index (χ1n) is 11.5. The monoisotopic (exact) mass is 441 g/mol. The van der Waals surface area contributed by atoms with Crippen LogP contribution in [0.15, 0.2) is 66.1 Å². The molecular formula is C26H31N7. The van der Waals surface area contributed by atoms with E-state index in [1.807, 2.05) is 37.8 Å². The lowest BCUT2D eigenvalue weighted by molar-refractivity contribution is 0.406. The lowest BCUT2D eigenvalue weighted by Crippen LogP contribution is -2.50. The van der Waals surface area contributed by atoms with Gasteiger partial charge in [-0.25, -0.2) is 4.99 Å². The number of anilines is 1. The maximum atomic E-state index is 6.91. The van der Waals surface area contributed by atoms with Gasteiger partial charge in [-0.05, 0) is 47.7 Å². The molecule has 0 saturated carbocycles. The van der Waals surface area contributed by atoms with Crippen molar-refractivity contribution >= 4 is 17.1 Å². The van der Waals surface area contributed by atoms with Crippen molar-refractivity contribution in [1.82, 2.24) is 20.4 Å². The normalized spacial score (nSPS) is 20.0. The zero-order valence-corrected chi connectivity index (χ0v) is 19.4. The second-order valence-electron chi connectivity index (χ2n) is 9.11. The van der Waals surface area contributed by atoms with Crippen molar-refractivity contribution in [2.24, 2.45) is 17.8 Å². The smallest absolute Gasteiger partial charge is 0.211 e. The van der Waals surface area contributed by atoms with Crippen LogP contribution in [-0.2, 0) is 25.8 Å². The molecule has 7 heteroatoms. The van der Waals surface area contributed by atoms with E-state index in [-0.39, 0.29) is 0 Å². The Labute approximate surface area is 194 Å². The molecule has 3 aromatic rings. The number of hydrogen-bond acceptors (Lipinski definition) is 6. The maximum absolute atomic E-state index is 6.91. The fourth-order valence-corrected chi connectivity index (χ4v) is 4.58. The average Bonchev–Trinajstić information content (AvgIpc) is 3.25. The largest absolute Gasteiger partial charge is 0.351 e. The van der Waals surface area contributed by atoms with Crippen LogP contribution >= 0.6 is 0 Å². The molecule has 1 unspecified atom stereocenters. The molecule has 0 radical (unpaired) electrons. The van der Waals surface area contributed by atoms with Crippen LogP contribution < -0.4 is 21.7 Å². The molecule has 2 aliphatic rings. The van der Waals surface area contributed by atoms with E-state index in [2.05, 4.69) is 65.2 Å². The van der Waals surface area contributed by atoms with Gasteiger partial charge in [-0.15, -0.1) is 0 Å². The molecule has 170 valence electrons. The fraction of sp³-hybridized carbons (Fsp3) is 0.308. The summed E-state index contributed by atoms with van der Waals surface area (Å²) in [5.74, 6) is -0.0385. The zero-order valence-electron chi connectivity index (χ0n) is 19.4. The van der Waals surface area contributed by atoms with Crippen molar-refractivity contribution in [2.45, 2.75) is 38.5 Å². The van der Waals surface area contributed by atoms with Crippen molar-refractivity contribution in [2.75, 3.05) is 11.9 Å². The third-order valence-corrected chi connectivity index (χ3v) is 6.34. The number of nitrogens with zero attached hydrogens (tertiary/aromatic N) is 3. The van der Waals surface area contributed by atoms with Gasteiger partial charge in [0, 0.05) is 48.4 Å². The lowest BCUT2D eigenvalue weighted by atomic mass is 9.92. The summed E-state index contributed by atoms with van der Waals surface area (Å²) >= 11 is 0. The third kappa shape index (κ3) is 4.17. The second kappa shape index (κ2) is 8.50. The maximum Gasteiger partial charge on any atom is 0.211 e. The molecule has 3 heterocycles. The Bertz CT molecular complexity index is 1240. The number of aromatic nitrogens is 2. The summed E-state index contributed by atoms with van der Waals surface area (Å²) < 4.78 is 1.79. The van der Waals surface area contributed by atoms with Crippen molar-refractivity contribution in [3.63, 3.8) is 0 Å². The number of amidine groups is 1. The molecule has 0 spiro atoms. The molecule has 5 rings (SSSR count). The summed E-state index contributed by atoms with van der Waals surface area (Å²) in [6, 6.07) is 14.8. The van der Waals surface area contributed by atoms with Gasteiger partial charge in [0.05, 0.1) is 6.20 Å². The highest BCUT2D eigenvalue weighted by Crippen LogP contribution is 2.32. The van der Waals surface area contributed by atoms with Gasteiger partial charge in [-0.2, -0.15) is 5.10 Å². The molecule has 2 aromatic carbocycles. The molecule has 0 bridgehead atoms. The SMILES string of the molecule is CC(C)c1ccccc1C1(N)N=C(Nc2ccc3c(c2)CNCC3)C(c2cnn(C)c2)=CN1. The van der Waals surface area contributed by atoms with Crippen molar-refractivity contribution < 1.29 is 0 Å². The van der Waals surface area contributed by atoms with Crippen LogP contribution in [0.4, 0.5) is 5.69 Å². The summed E-state index contributed by atoms with van der Waals surface area (Å²) in [4.78, 5) is 5.05. The van der Waals surface area contributed by atoms with E-state index in [0.29, 0.717) is 11.8 Å². The van der Waals surface area contributed by atoms with Gasteiger partial charge in [0.1, 0.15) is 5.84 Å². The first-order chi connectivity index (χ1) is 15.9. The summed E-state index contributed by atoms with van der Waals surface area (Å²) in [7, 11) is 1.91. The van der Waals surface area contributed by atoms with Gasteiger partial charge in [-0.1, -0.05) is 44.2 Å². The van der Waals surface area contributed by atoms with Crippen molar-refractivity contribution in [3.05, 3.63) is 88.9 Å². The molecule has 0 amide bonds. The summed E-state index contributed by atoms with van der Waals surface area (Å²) in [6.45, 7) is 6.25. The number of rotatable bonds is 4. The average molecular weight is 442 g/mol. The van der Waals surface area contributed by atoms with Crippen molar-refractivity contribution in [1.29, 1.82) is 0 Å². The molecular weight excluding hydrogens is 410 g/mol. The van der Waals surface area contributed by atoms with E-state index in [1.54, 1.807) is 4.68 Å². The minimum absolute atomic E-state index is 0.326. The first-order valence-corrected chi connectivity index (χ1v) is 11.5. The minimum Gasteiger partial charge on any atom is -0.351 e. The molecule has 1 atom stereocenters. The van der Waals surface area contributed by atoms with Crippen LogP contribution in [0.2, 0.25) is 0 Å². The predicted molar refractivity (Wildman–Crippen MR) is 134 cm³/mol. The topological polar surface area (TPSA) is 92.3 Å². The predicted octanol–water partition coefficient (Wildman–Crippen LogP) is 3.41. The number of aliphatic imine (C=N–C) groups is 1. The Kier molecular flexibility index (Phi) is 5.52. The fourth-order valence-electron chi connectivity index (χ4n) is 4.58. The van der Waals surface area contributed by atoms with Crippen molar-refractivity contribution in [3.8, 4) is 0 Å². The summed E-state index contributed by atoms with van der Waals surface area (Å²) in [5.41, 5.74) is 14.6. The van der Waals surface area contributed by atoms with Crippen LogP contribution in [0.3, 0.4) is 0 Å². The Morgan fingerprint density at radius 2 is 2.00 bits per heavy atom. The quantitative estimate of drug-likeness (QED) is 0.498. The molecule has 0 fully saturated rings. The van der Waals surface area contributed by atoms with Crippen LogP contribution in [0.25, 0.3) is 5.57 Å². The zero-order chi connectivity index (χ0) is 23.0. The van der Waals surface area contributed by atoms with Crippen LogP contribution in [0.5, 0.6) is 0 Å². The molecule has 33 heavy (non-hydrogen) atoms. The Morgan fingerprint density at radius 3 is 2.79 bits per heavy atom. The second-order valence-corrected chi connectivity index (χ2v) is 9.11. The molecule has 5 N–H and O–H groups in total. The van der Waals surface area contributed by atoms with E-state index in [9.17, 15) is 0 Å². The van der Waals surface area contributed by atoms with E-state index >= 15 is 0 Å². The van der Waals surface area contributed by atoms with E-state index in [1.165, 1.54) is 16.7 Å². The Hall–Kier alpha value is -3.42. The summed E-state index contributed by atoms with van der Waals surface area (Å²) in [5, 5.41) is 14.7. The minimum atomic E-state index is -1.08. The number of nitrogens with two attached hydrogens (primary N) is 1. The van der Waals surface area contributed by atoms with E-state index < -0.39 is 5.79 Å². The summed E-state index contributed by atoms with van der Waals surface area (Å²) in [6.07, 6.45) is 6.82. The van der Waals surface area contributed by atoms with Gasteiger partial charge < -0.3 is 16.0 Å². The van der Waals surface area contributed by atoms with Crippen LogP contribution in [0.1, 0.15) is 47.6 Å². The van der Waals surface area contributed by atoms with E-state index in [0.717, 1.165) is 41.9 Å². The lowest BCUT2D eigenvalue weighted by Gasteiger charge is -2.34. The number of nitrogens with one attached hydrogen (secondary N) is 3. The molecule has 0 aliphatic carbocycles. The number of aryl methyl sites for hydroxylation is 1. The van der Waals surface area contributed by atoms with Crippen LogP contribution in [-0.4, -0.2) is 22.2 Å². The van der Waals surface area contributed by atoms with Gasteiger partial charge in [0.2, 0.25) is 5.79 Å². The number of benzene rings is 2. The Balaban J connectivity index is 1.57. The van der Waals surface area contributed by atoms with Gasteiger partial charge in [0.15, 0.2) is 0 Å². The van der Waals surface area contributed by atoms with Crippen LogP contribution in [0, 0.1) is 0 Å². The van der Waals surface area contributed by atoms with Gasteiger partial charge >= 0.3 is 0 Å². The Morgan fingerprint density at radius 1 is 1.15 bits per heavy atom. The molecule has 0 saturated heterocycles. The van der Waals surface area contributed by atoms with Gasteiger partial charge in [0.25, 0.3) is 0 Å². The first kappa shape index (κ1) is 21.4. The molecule has 7 nitrogen and oxygen atoms in total. The highest BCUT2D eigenvalue weighted by Gasteiger charge is 2.33.